The molecule has 1 N–H and O–H groups in total. The molecule has 0 saturated heterocycles. The van der Waals surface area contributed by atoms with Crippen molar-refractivity contribution in [2.75, 3.05) is 27.3 Å². The van der Waals surface area contributed by atoms with Crippen LogP contribution in [0, 0.1) is 0 Å². The maximum absolute atomic E-state index is 12.3. The number of hydrogen-bond acceptors (Lipinski definition) is 6. The quantitative estimate of drug-likeness (QED) is 0.771. The van der Waals surface area contributed by atoms with Crippen molar-refractivity contribution >= 4 is 17.8 Å². The van der Waals surface area contributed by atoms with Crippen LogP contribution in [-0.2, 0) is 19.1 Å². The fraction of sp³-hybridized carbons (Fsp3) is 0.357. The van der Waals surface area contributed by atoms with Crippen LogP contribution in [-0.4, -0.2) is 55.2 Å². The maximum atomic E-state index is 12.3. The number of ether oxygens (including phenoxy) is 2. The van der Waals surface area contributed by atoms with Gasteiger partial charge in [0.25, 0.3) is 5.91 Å². The van der Waals surface area contributed by atoms with Crippen molar-refractivity contribution in [3.8, 4) is 5.75 Å². The van der Waals surface area contributed by atoms with E-state index in [0.717, 1.165) is 4.90 Å². The smallest absolute Gasteiger partial charge is 0.325 e. The van der Waals surface area contributed by atoms with E-state index in [-0.39, 0.29) is 30.8 Å². The van der Waals surface area contributed by atoms with Gasteiger partial charge in [-0.25, -0.2) is 0 Å². The zero-order valence-corrected chi connectivity index (χ0v) is 11.9. The Morgan fingerprint density at radius 3 is 2.38 bits per heavy atom. The molecule has 0 bridgehead atoms. The number of hydrogen-bond donors (Lipinski definition) is 1. The number of carbonyl (C=O) groups excluding carboxylic acids is 3. The topological polar surface area (TPSA) is 93.1 Å². The van der Waals surface area contributed by atoms with Gasteiger partial charge in [0, 0.05) is 12.1 Å². The van der Waals surface area contributed by atoms with Crippen molar-refractivity contribution in [2.45, 2.75) is 6.42 Å². The van der Waals surface area contributed by atoms with E-state index in [0.29, 0.717) is 0 Å². The molecule has 21 heavy (non-hydrogen) atoms. The van der Waals surface area contributed by atoms with Crippen molar-refractivity contribution < 1.29 is 29.0 Å². The lowest BCUT2D eigenvalue weighted by Gasteiger charge is -2.21. The average molecular weight is 295 g/mol. The van der Waals surface area contributed by atoms with E-state index in [4.69, 9.17) is 0 Å². The fourth-order valence-electron chi connectivity index (χ4n) is 1.62. The molecule has 0 saturated carbocycles. The molecular formula is C14H17NO6. The van der Waals surface area contributed by atoms with Gasteiger partial charge in [-0.3, -0.25) is 14.4 Å². The molecular weight excluding hydrogens is 278 g/mol. The van der Waals surface area contributed by atoms with Gasteiger partial charge in [-0.15, -0.1) is 0 Å². The molecule has 0 heterocycles. The second-order valence-electron chi connectivity index (χ2n) is 4.18. The minimum absolute atomic E-state index is 0.0102. The standard InChI is InChI=1S/C14H17NO6/c1-20-12(17)6-7-15(9-13(18)21-2)14(19)10-4-3-5-11(16)8-10/h3-5,8,16H,6-7,9H2,1-2H3. The second kappa shape index (κ2) is 7.88. The first kappa shape index (κ1) is 16.5. The van der Waals surface area contributed by atoms with Crippen molar-refractivity contribution in [3.63, 3.8) is 0 Å². The van der Waals surface area contributed by atoms with Gasteiger partial charge in [0.2, 0.25) is 0 Å². The van der Waals surface area contributed by atoms with E-state index in [1.807, 2.05) is 0 Å². The van der Waals surface area contributed by atoms with Gasteiger partial charge in [0.05, 0.1) is 20.6 Å². The van der Waals surface area contributed by atoms with Crippen LogP contribution in [0.25, 0.3) is 0 Å². The summed E-state index contributed by atoms with van der Waals surface area (Å²) in [7, 11) is 2.45. The summed E-state index contributed by atoms with van der Waals surface area (Å²) in [5.41, 5.74) is 0.212. The highest BCUT2D eigenvalue weighted by atomic mass is 16.5. The van der Waals surface area contributed by atoms with E-state index in [1.54, 1.807) is 0 Å². The number of esters is 2. The van der Waals surface area contributed by atoms with Crippen LogP contribution in [0.3, 0.4) is 0 Å². The highest BCUT2D eigenvalue weighted by Gasteiger charge is 2.20. The van der Waals surface area contributed by atoms with Gasteiger partial charge in [-0.1, -0.05) is 6.07 Å². The molecule has 0 aliphatic carbocycles. The largest absolute Gasteiger partial charge is 0.508 e. The Bertz CT molecular complexity index is 528. The first-order valence-corrected chi connectivity index (χ1v) is 6.20. The van der Waals surface area contributed by atoms with Crippen LogP contribution >= 0.6 is 0 Å². The molecule has 1 aromatic rings. The first-order valence-electron chi connectivity index (χ1n) is 6.20. The van der Waals surface area contributed by atoms with Crippen LogP contribution < -0.4 is 0 Å². The van der Waals surface area contributed by atoms with E-state index in [1.165, 1.54) is 38.5 Å². The predicted octanol–water partition coefficient (Wildman–Crippen LogP) is 0.570. The molecule has 0 radical (unpaired) electrons. The van der Waals surface area contributed by atoms with E-state index in [9.17, 15) is 19.5 Å². The third-order valence-electron chi connectivity index (χ3n) is 2.74. The number of phenols is 1. The van der Waals surface area contributed by atoms with Crippen molar-refractivity contribution in [3.05, 3.63) is 29.8 Å². The molecule has 7 nitrogen and oxygen atoms in total. The molecule has 1 rings (SSSR count). The Balaban J connectivity index is 2.85. The van der Waals surface area contributed by atoms with Crippen LogP contribution in [0.2, 0.25) is 0 Å². The van der Waals surface area contributed by atoms with E-state index in [2.05, 4.69) is 9.47 Å². The lowest BCUT2D eigenvalue weighted by atomic mass is 10.2. The zero-order valence-electron chi connectivity index (χ0n) is 11.9. The number of benzene rings is 1. The Kier molecular flexibility index (Phi) is 6.19. The molecule has 0 atom stereocenters. The van der Waals surface area contributed by atoms with Gasteiger partial charge >= 0.3 is 11.9 Å². The molecule has 0 unspecified atom stereocenters. The first-order chi connectivity index (χ1) is 9.97. The number of carbonyl (C=O) groups is 3. The van der Waals surface area contributed by atoms with Gasteiger partial charge in [-0.05, 0) is 18.2 Å². The average Bonchev–Trinajstić information content (AvgIpc) is 2.49. The third kappa shape index (κ3) is 5.13. The minimum Gasteiger partial charge on any atom is -0.508 e. The summed E-state index contributed by atoms with van der Waals surface area (Å²) in [6.07, 6.45) is -0.0436. The molecule has 7 heteroatoms. The summed E-state index contributed by atoms with van der Waals surface area (Å²) in [5, 5.41) is 9.39. The third-order valence-corrected chi connectivity index (χ3v) is 2.74. The highest BCUT2D eigenvalue weighted by molar-refractivity contribution is 5.96. The van der Waals surface area contributed by atoms with Crippen molar-refractivity contribution in [1.29, 1.82) is 0 Å². The summed E-state index contributed by atoms with van der Waals surface area (Å²) in [6, 6.07) is 5.73. The number of nitrogens with zero attached hydrogens (tertiary/aromatic N) is 1. The normalized spacial score (nSPS) is 9.81. The van der Waals surface area contributed by atoms with Crippen LogP contribution in [0.5, 0.6) is 5.75 Å². The summed E-state index contributed by atoms with van der Waals surface area (Å²) in [4.78, 5) is 36.0. The Labute approximate surface area is 122 Å². The van der Waals surface area contributed by atoms with Gasteiger partial charge in [-0.2, -0.15) is 0 Å². The van der Waals surface area contributed by atoms with Crippen LogP contribution in [0.4, 0.5) is 0 Å². The summed E-state index contributed by atoms with van der Waals surface area (Å²) in [6.45, 7) is -0.280. The minimum atomic E-state index is -0.603. The molecule has 114 valence electrons. The molecule has 0 aliphatic rings. The molecule has 0 aliphatic heterocycles. The number of rotatable bonds is 6. The highest BCUT2D eigenvalue weighted by Crippen LogP contribution is 2.13. The van der Waals surface area contributed by atoms with E-state index >= 15 is 0 Å². The Morgan fingerprint density at radius 1 is 1.14 bits per heavy atom. The Hall–Kier alpha value is -2.57. The number of amides is 1. The molecule has 0 aromatic heterocycles. The number of methoxy groups -OCH3 is 2. The van der Waals surface area contributed by atoms with Gasteiger partial charge in [0.1, 0.15) is 12.3 Å². The molecule has 1 aromatic carbocycles. The Morgan fingerprint density at radius 2 is 1.81 bits per heavy atom. The summed E-state index contributed by atoms with van der Waals surface area (Å²) >= 11 is 0. The van der Waals surface area contributed by atoms with Crippen molar-refractivity contribution in [2.24, 2.45) is 0 Å². The predicted molar refractivity (Wildman–Crippen MR) is 72.7 cm³/mol. The monoisotopic (exact) mass is 295 g/mol. The number of phenolic OH excluding ortho intramolecular Hbond substituents is 1. The van der Waals surface area contributed by atoms with Gasteiger partial charge in [0.15, 0.2) is 0 Å². The fourth-order valence-corrected chi connectivity index (χ4v) is 1.62. The lowest BCUT2D eigenvalue weighted by molar-refractivity contribution is -0.143. The molecule has 1 amide bonds. The van der Waals surface area contributed by atoms with Crippen molar-refractivity contribution in [1.82, 2.24) is 4.90 Å². The summed E-state index contributed by atoms with van der Waals surface area (Å²) < 4.78 is 9.03. The number of aromatic hydroxyl groups is 1. The maximum Gasteiger partial charge on any atom is 0.325 e. The van der Waals surface area contributed by atoms with E-state index < -0.39 is 17.8 Å². The zero-order chi connectivity index (χ0) is 15.8. The van der Waals surface area contributed by atoms with Gasteiger partial charge < -0.3 is 19.5 Å². The molecule has 0 spiro atoms. The van der Waals surface area contributed by atoms with Crippen LogP contribution in [0.1, 0.15) is 16.8 Å². The summed E-state index contributed by atoms with van der Waals surface area (Å²) in [5.74, 6) is -1.64. The second-order valence-corrected chi connectivity index (χ2v) is 4.18. The van der Waals surface area contributed by atoms with Crippen LogP contribution in [0.15, 0.2) is 24.3 Å². The molecule has 0 fully saturated rings. The lowest BCUT2D eigenvalue weighted by Crippen LogP contribution is -2.37. The SMILES string of the molecule is COC(=O)CCN(CC(=O)OC)C(=O)c1cccc(O)c1.